The first kappa shape index (κ1) is 18.5. The lowest BCUT2D eigenvalue weighted by Crippen LogP contribution is -2.20. The van der Waals surface area contributed by atoms with E-state index in [-0.39, 0.29) is 27.8 Å². The van der Waals surface area contributed by atoms with Crippen LogP contribution in [0.25, 0.3) is 0 Å². The lowest BCUT2D eigenvalue weighted by Gasteiger charge is -2.13. The summed E-state index contributed by atoms with van der Waals surface area (Å²) >= 11 is 6.04. The van der Waals surface area contributed by atoms with Gasteiger partial charge >= 0.3 is 0 Å². The summed E-state index contributed by atoms with van der Waals surface area (Å²) < 4.78 is 36.6. The summed E-state index contributed by atoms with van der Waals surface area (Å²) in [5, 5.41) is 2.34. The zero-order valence-corrected chi connectivity index (χ0v) is 13.7. The van der Waals surface area contributed by atoms with Gasteiger partial charge in [-0.25, -0.2) is 8.78 Å². The molecule has 132 valence electrons. The fraction of sp³-hybridized carbons (Fsp3) is 0.125. The number of rotatable bonds is 6. The molecule has 0 fully saturated rings. The molecule has 0 aliphatic heterocycles. The molecule has 0 atom stereocenters. The van der Waals surface area contributed by atoms with Crippen molar-refractivity contribution in [3.05, 3.63) is 52.6 Å². The minimum Gasteiger partial charge on any atom is -0.493 e. The molecule has 25 heavy (non-hydrogen) atoms. The Kier molecular flexibility index (Phi) is 5.76. The van der Waals surface area contributed by atoms with Gasteiger partial charge in [-0.3, -0.25) is 9.59 Å². The van der Waals surface area contributed by atoms with Crippen LogP contribution >= 0.6 is 11.6 Å². The number of primary amides is 1. The lowest BCUT2D eigenvalue weighted by atomic mass is 10.1. The zero-order chi connectivity index (χ0) is 18.6. The highest BCUT2D eigenvalue weighted by atomic mass is 35.5. The molecule has 0 bridgehead atoms. The minimum atomic E-state index is -0.832. The molecule has 3 N–H and O–H groups in total. The Morgan fingerprint density at radius 2 is 1.80 bits per heavy atom. The van der Waals surface area contributed by atoms with Gasteiger partial charge in [-0.15, -0.1) is 0 Å². The molecule has 0 unspecified atom stereocenters. The van der Waals surface area contributed by atoms with Crippen molar-refractivity contribution in [3.8, 4) is 11.5 Å². The van der Waals surface area contributed by atoms with Crippen LogP contribution in [0.4, 0.5) is 14.5 Å². The van der Waals surface area contributed by atoms with Gasteiger partial charge in [0.15, 0.2) is 18.1 Å². The third-order valence-corrected chi connectivity index (χ3v) is 3.25. The minimum absolute atomic E-state index is 0.00354. The molecule has 0 radical (unpaired) electrons. The number of amides is 2. The zero-order valence-electron chi connectivity index (χ0n) is 12.9. The molecule has 2 rings (SSSR count). The number of halogens is 3. The summed E-state index contributed by atoms with van der Waals surface area (Å²) in [4.78, 5) is 23.1. The molecule has 2 aromatic carbocycles. The molecule has 0 spiro atoms. The lowest BCUT2D eigenvalue weighted by molar-refractivity contribution is -0.119. The van der Waals surface area contributed by atoms with Gasteiger partial charge in [0.2, 0.25) is 0 Å². The van der Waals surface area contributed by atoms with Crippen LogP contribution in [0.15, 0.2) is 30.3 Å². The van der Waals surface area contributed by atoms with Crippen molar-refractivity contribution in [1.82, 2.24) is 0 Å². The third kappa shape index (κ3) is 4.80. The molecule has 0 heterocycles. The van der Waals surface area contributed by atoms with E-state index in [1.807, 2.05) is 0 Å². The van der Waals surface area contributed by atoms with Crippen LogP contribution in [0.2, 0.25) is 5.02 Å². The fourth-order valence-electron chi connectivity index (χ4n) is 1.96. The molecule has 0 aliphatic rings. The quantitative estimate of drug-likeness (QED) is 0.818. The molecule has 0 saturated carbocycles. The van der Waals surface area contributed by atoms with Gasteiger partial charge < -0.3 is 20.5 Å². The SMILES string of the molecule is COc1cc(C(=O)Nc2cc(F)cc(F)c2)cc(Cl)c1OCC(N)=O. The Labute approximate surface area is 146 Å². The van der Waals surface area contributed by atoms with Crippen LogP contribution in [-0.2, 0) is 4.79 Å². The van der Waals surface area contributed by atoms with E-state index in [9.17, 15) is 18.4 Å². The van der Waals surface area contributed by atoms with Gasteiger partial charge in [-0.2, -0.15) is 0 Å². The molecule has 0 aromatic heterocycles. The largest absolute Gasteiger partial charge is 0.493 e. The number of benzene rings is 2. The van der Waals surface area contributed by atoms with Crippen LogP contribution in [0.5, 0.6) is 11.5 Å². The first-order valence-electron chi connectivity index (χ1n) is 6.86. The summed E-state index contributed by atoms with van der Waals surface area (Å²) in [6.07, 6.45) is 0. The summed E-state index contributed by atoms with van der Waals surface area (Å²) in [5.41, 5.74) is 4.99. The first-order chi connectivity index (χ1) is 11.8. The van der Waals surface area contributed by atoms with E-state index in [4.69, 9.17) is 26.8 Å². The van der Waals surface area contributed by atoms with Crippen molar-refractivity contribution in [3.63, 3.8) is 0 Å². The predicted molar refractivity (Wildman–Crippen MR) is 87.0 cm³/mol. The molecular formula is C16H13ClF2N2O4. The van der Waals surface area contributed by atoms with Crippen LogP contribution < -0.4 is 20.5 Å². The van der Waals surface area contributed by atoms with Crippen molar-refractivity contribution in [2.24, 2.45) is 5.73 Å². The van der Waals surface area contributed by atoms with E-state index in [0.29, 0.717) is 6.07 Å². The standard InChI is InChI=1S/C16H13ClF2N2O4/c1-24-13-3-8(2-12(17)15(13)25-7-14(20)22)16(23)21-11-5-9(18)4-10(19)6-11/h2-6H,7H2,1H3,(H2,20,22)(H,21,23). The van der Waals surface area contributed by atoms with Crippen LogP contribution in [0.3, 0.4) is 0 Å². The second kappa shape index (κ2) is 7.80. The second-order valence-corrected chi connectivity index (χ2v) is 5.26. The van der Waals surface area contributed by atoms with E-state index < -0.39 is 30.1 Å². The van der Waals surface area contributed by atoms with Crippen LogP contribution in [-0.4, -0.2) is 25.5 Å². The molecule has 2 aromatic rings. The molecule has 0 aliphatic carbocycles. The van der Waals surface area contributed by atoms with Crippen LogP contribution in [0, 0.1) is 11.6 Å². The average Bonchev–Trinajstić information content (AvgIpc) is 2.51. The smallest absolute Gasteiger partial charge is 0.255 e. The monoisotopic (exact) mass is 370 g/mol. The van der Waals surface area contributed by atoms with E-state index in [2.05, 4.69) is 5.32 Å². The summed E-state index contributed by atoms with van der Waals surface area (Å²) in [7, 11) is 1.31. The number of hydrogen-bond donors (Lipinski definition) is 2. The average molecular weight is 371 g/mol. The molecule has 9 heteroatoms. The molecular weight excluding hydrogens is 358 g/mol. The number of carbonyl (C=O) groups excluding carboxylic acids is 2. The maximum atomic E-state index is 13.2. The number of carbonyl (C=O) groups is 2. The third-order valence-electron chi connectivity index (χ3n) is 2.97. The van der Waals surface area contributed by atoms with Crippen molar-refractivity contribution in [2.45, 2.75) is 0 Å². The maximum Gasteiger partial charge on any atom is 0.255 e. The number of ether oxygens (including phenoxy) is 2. The fourth-order valence-corrected chi connectivity index (χ4v) is 2.23. The predicted octanol–water partition coefficient (Wildman–Crippen LogP) is 2.74. The van der Waals surface area contributed by atoms with Crippen molar-refractivity contribution < 1.29 is 27.8 Å². The van der Waals surface area contributed by atoms with Gasteiger partial charge in [-0.05, 0) is 24.3 Å². The van der Waals surface area contributed by atoms with Gasteiger partial charge in [0.1, 0.15) is 11.6 Å². The summed E-state index contributed by atoms with van der Waals surface area (Å²) in [6.45, 7) is -0.426. The second-order valence-electron chi connectivity index (χ2n) is 4.86. The van der Waals surface area contributed by atoms with E-state index in [1.165, 1.54) is 19.2 Å². The Morgan fingerprint density at radius 3 is 2.36 bits per heavy atom. The van der Waals surface area contributed by atoms with E-state index in [1.54, 1.807) is 0 Å². The van der Waals surface area contributed by atoms with Gasteiger partial charge in [0.25, 0.3) is 11.8 Å². The Balaban J connectivity index is 2.27. The van der Waals surface area contributed by atoms with Crippen molar-refractivity contribution in [2.75, 3.05) is 19.0 Å². The van der Waals surface area contributed by atoms with Gasteiger partial charge in [0.05, 0.1) is 12.1 Å². The number of nitrogens with one attached hydrogen (secondary N) is 1. The molecule has 0 saturated heterocycles. The van der Waals surface area contributed by atoms with Crippen molar-refractivity contribution >= 4 is 29.1 Å². The Hall–Kier alpha value is -2.87. The Morgan fingerprint density at radius 1 is 1.16 bits per heavy atom. The maximum absolute atomic E-state index is 13.2. The summed E-state index contributed by atoms with van der Waals surface area (Å²) in [6, 6.07) is 5.16. The number of nitrogens with two attached hydrogens (primary N) is 1. The first-order valence-corrected chi connectivity index (χ1v) is 7.24. The Bertz CT molecular complexity index is 810. The number of anilines is 1. The normalized spacial score (nSPS) is 10.2. The highest BCUT2D eigenvalue weighted by molar-refractivity contribution is 6.32. The van der Waals surface area contributed by atoms with Gasteiger partial charge in [0, 0.05) is 17.3 Å². The molecule has 2 amide bonds. The highest BCUT2D eigenvalue weighted by Crippen LogP contribution is 2.36. The number of methoxy groups -OCH3 is 1. The molecule has 6 nitrogen and oxygen atoms in total. The van der Waals surface area contributed by atoms with E-state index >= 15 is 0 Å². The number of hydrogen-bond acceptors (Lipinski definition) is 4. The highest BCUT2D eigenvalue weighted by Gasteiger charge is 2.17. The van der Waals surface area contributed by atoms with Crippen molar-refractivity contribution in [1.29, 1.82) is 0 Å². The topological polar surface area (TPSA) is 90.7 Å². The van der Waals surface area contributed by atoms with E-state index in [0.717, 1.165) is 12.1 Å². The summed E-state index contributed by atoms with van der Waals surface area (Å²) in [5.74, 6) is -2.93. The van der Waals surface area contributed by atoms with Gasteiger partial charge in [-0.1, -0.05) is 11.6 Å². The van der Waals surface area contributed by atoms with Crippen LogP contribution in [0.1, 0.15) is 10.4 Å².